The Labute approximate surface area is 194 Å². The molecule has 0 aromatic heterocycles. The lowest BCUT2D eigenvalue weighted by Crippen LogP contribution is -2.50. The number of hydrogen-bond acceptors (Lipinski definition) is 4. The lowest BCUT2D eigenvalue weighted by atomic mass is 9.95. The third-order valence-corrected chi connectivity index (χ3v) is 8.74. The summed E-state index contributed by atoms with van der Waals surface area (Å²) in [5.74, 6) is -2.03. The zero-order valence-electron chi connectivity index (χ0n) is 19.2. The molecule has 0 aliphatic carbocycles. The molecule has 2 heterocycles. The number of amides is 2. The number of piperidine rings is 2. The molecular weight excluding hydrogens is 452 g/mol. The van der Waals surface area contributed by atoms with Gasteiger partial charge in [-0.3, -0.25) is 9.59 Å². The Morgan fingerprint density at radius 3 is 2.21 bits per heavy atom. The fraction of sp³-hybridized carbons (Fsp3) is 0.652. The fourth-order valence-corrected chi connectivity index (χ4v) is 6.18. The number of sulfonamides is 1. The maximum absolute atomic E-state index is 14.0. The van der Waals surface area contributed by atoms with Gasteiger partial charge in [-0.1, -0.05) is 13.8 Å². The first-order valence-electron chi connectivity index (χ1n) is 11.7. The van der Waals surface area contributed by atoms with Crippen LogP contribution in [-0.2, 0) is 19.6 Å². The maximum atomic E-state index is 14.0. The van der Waals surface area contributed by atoms with Crippen molar-refractivity contribution in [2.75, 3.05) is 26.2 Å². The molecule has 2 amide bonds. The molecule has 1 aromatic carbocycles. The highest BCUT2D eigenvalue weighted by atomic mass is 32.2. The minimum Gasteiger partial charge on any atom is -0.353 e. The second-order valence-corrected chi connectivity index (χ2v) is 10.8. The summed E-state index contributed by atoms with van der Waals surface area (Å²) in [6.07, 6.45) is 3.67. The molecule has 0 bridgehead atoms. The normalized spacial score (nSPS) is 19.1. The summed E-state index contributed by atoms with van der Waals surface area (Å²) < 4.78 is 54.0. The highest BCUT2D eigenvalue weighted by molar-refractivity contribution is 7.89. The van der Waals surface area contributed by atoms with Crippen molar-refractivity contribution >= 4 is 21.8 Å². The maximum Gasteiger partial charge on any atom is 0.246 e. The number of carbonyl (C=O) groups excluding carboxylic acids is 2. The number of rotatable bonds is 7. The predicted octanol–water partition coefficient (Wildman–Crippen LogP) is 2.91. The molecule has 184 valence electrons. The van der Waals surface area contributed by atoms with Crippen LogP contribution in [0, 0.1) is 23.5 Å². The van der Waals surface area contributed by atoms with Gasteiger partial charge in [-0.05, 0) is 56.7 Å². The van der Waals surface area contributed by atoms with E-state index in [1.165, 1.54) is 0 Å². The van der Waals surface area contributed by atoms with Crippen molar-refractivity contribution in [3.63, 3.8) is 0 Å². The van der Waals surface area contributed by atoms with E-state index in [4.69, 9.17) is 0 Å². The van der Waals surface area contributed by atoms with Gasteiger partial charge in [0.1, 0.15) is 16.5 Å². The van der Waals surface area contributed by atoms with Crippen molar-refractivity contribution in [3.8, 4) is 0 Å². The summed E-state index contributed by atoms with van der Waals surface area (Å²) in [7, 11) is -4.17. The Bertz CT molecular complexity index is 952. The number of hydrogen-bond donors (Lipinski definition) is 1. The Morgan fingerprint density at radius 2 is 1.64 bits per heavy atom. The second kappa shape index (κ2) is 10.9. The van der Waals surface area contributed by atoms with Crippen LogP contribution in [-0.4, -0.2) is 61.7 Å². The Morgan fingerprint density at radius 1 is 1.03 bits per heavy atom. The first-order chi connectivity index (χ1) is 15.7. The van der Waals surface area contributed by atoms with Gasteiger partial charge < -0.3 is 10.2 Å². The zero-order chi connectivity index (χ0) is 24.2. The highest BCUT2D eigenvalue weighted by Crippen LogP contribution is 2.26. The zero-order valence-corrected chi connectivity index (χ0v) is 20.0. The summed E-state index contributed by atoms with van der Waals surface area (Å²) in [6, 6.07) is 2.35. The summed E-state index contributed by atoms with van der Waals surface area (Å²) >= 11 is 0. The number of benzene rings is 1. The van der Waals surface area contributed by atoms with Crippen molar-refractivity contribution in [3.05, 3.63) is 29.8 Å². The number of halogens is 2. The molecule has 1 aromatic rings. The molecule has 0 unspecified atom stereocenters. The van der Waals surface area contributed by atoms with Crippen LogP contribution >= 0.6 is 0 Å². The van der Waals surface area contributed by atoms with Crippen LogP contribution < -0.4 is 5.32 Å². The molecule has 10 heteroatoms. The topological polar surface area (TPSA) is 86.8 Å². The van der Waals surface area contributed by atoms with Gasteiger partial charge in [-0.2, -0.15) is 4.31 Å². The molecule has 0 atom stereocenters. The van der Waals surface area contributed by atoms with E-state index < -0.39 is 26.6 Å². The quantitative estimate of drug-likeness (QED) is 0.644. The minimum atomic E-state index is -4.17. The third-order valence-electron chi connectivity index (χ3n) is 6.82. The molecule has 33 heavy (non-hydrogen) atoms. The molecule has 1 N–H and O–H groups in total. The van der Waals surface area contributed by atoms with Crippen molar-refractivity contribution < 1.29 is 26.8 Å². The van der Waals surface area contributed by atoms with E-state index in [1.807, 2.05) is 18.7 Å². The molecule has 2 aliphatic rings. The Hall–Kier alpha value is -2.07. The lowest BCUT2D eigenvalue weighted by molar-refractivity contribution is -0.137. The van der Waals surface area contributed by atoms with Crippen LogP contribution in [0.15, 0.2) is 23.1 Å². The van der Waals surface area contributed by atoms with E-state index in [2.05, 4.69) is 5.32 Å². The summed E-state index contributed by atoms with van der Waals surface area (Å²) in [6.45, 7) is 5.41. The number of likely N-dealkylation sites (tertiary alicyclic amines) is 1. The van der Waals surface area contributed by atoms with Gasteiger partial charge in [0, 0.05) is 44.1 Å². The Kier molecular flexibility index (Phi) is 8.44. The van der Waals surface area contributed by atoms with Crippen LogP contribution in [0.1, 0.15) is 52.4 Å². The van der Waals surface area contributed by atoms with Crippen LogP contribution in [0.5, 0.6) is 0 Å². The molecule has 7 nitrogen and oxygen atoms in total. The molecule has 0 saturated carbocycles. The van der Waals surface area contributed by atoms with Gasteiger partial charge in [0.25, 0.3) is 0 Å². The molecule has 3 rings (SSSR count). The standard InChI is InChI=1S/C23H33F2N3O4S/c1-3-16(4-2)23(30)27-11-9-19(10-12-27)26-22(29)17-7-13-28(14-8-17)33(31,32)21-15-18(24)5-6-20(21)25/h5-6,15-17,19H,3-4,7-14H2,1-2H3,(H,26,29). The van der Waals surface area contributed by atoms with E-state index in [0.717, 1.165) is 29.3 Å². The van der Waals surface area contributed by atoms with Gasteiger partial charge in [0.15, 0.2) is 0 Å². The lowest BCUT2D eigenvalue weighted by Gasteiger charge is -2.36. The third kappa shape index (κ3) is 5.90. The van der Waals surface area contributed by atoms with Crippen LogP contribution in [0.25, 0.3) is 0 Å². The van der Waals surface area contributed by atoms with E-state index in [1.54, 1.807) is 0 Å². The monoisotopic (exact) mass is 485 g/mol. The summed E-state index contributed by atoms with van der Waals surface area (Å²) in [4.78, 5) is 26.5. The summed E-state index contributed by atoms with van der Waals surface area (Å²) in [5.41, 5.74) is 0. The predicted molar refractivity (Wildman–Crippen MR) is 120 cm³/mol. The second-order valence-electron chi connectivity index (χ2n) is 8.87. The van der Waals surface area contributed by atoms with Crippen molar-refractivity contribution in [1.82, 2.24) is 14.5 Å². The average molecular weight is 486 g/mol. The SMILES string of the molecule is CCC(CC)C(=O)N1CCC(NC(=O)C2CCN(S(=O)(=O)c3cc(F)ccc3F)CC2)CC1. The first-order valence-corrected chi connectivity index (χ1v) is 13.2. The van der Waals surface area contributed by atoms with Crippen LogP contribution in [0.3, 0.4) is 0 Å². The van der Waals surface area contributed by atoms with Gasteiger partial charge in [-0.15, -0.1) is 0 Å². The molecule has 2 fully saturated rings. The Balaban J connectivity index is 1.49. The van der Waals surface area contributed by atoms with Gasteiger partial charge in [-0.25, -0.2) is 17.2 Å². The average Bonchev–Trinajstić information content (AvgIpc) is 2.81. The highest BCUT2D eigenvalue weighted by Gasteiger charge is 2.35. The van der Waals surface area contributed by atoms with Crippen molar-refractivity contribution in [2.24, 2.45) is 11.8 Å². The number of nitrogens with zero attached hydrogens (tertiary/aromatic N) is 2. The first kappa shape index (κ1) is 25.6. The molecule has 0 radical (unpaired) electrons. The fourth-order valence-electron chi connectivity index (χ4n) is 4.63. The van der Waals surface area contributed by atoms with E-state index in [0.29, 0.717) is 44.8 Å². The molecule has 2 aliphatic heterocycles. The van der Waals surface area contributed by atoms with E-state index in [9.17, 15) is 26.8 Å². The van der Waals surface area contributed by atoms with Gasteiger partial charge >= 0.3 is 0 Å². The largest absolute Gasteiger partial charge is 0.353 e. The molecular formula is C23H33F2N3O4S. The van der Waals surface area contributed by atoms with Crippen molar-refractivity contribution in [2.45, 2.75) is 63.3 Å². The molecule has 2 saturated heterocycles. The van der Waals surface area contributed by atoms with Gasteiger partial charge in [0.2, 0.25) is 21.8 Å². The number of nitrogens with one attached hydrogen (secondary N) is 1. The molecule has 0 spiro atoms. The van der Waals surface area contributed by atoms with Crippen LogP contribution in [0.2, 0.25) is 0 Å². The summed E-state index contributed by atoms with van der Waals surface area (Å²) in [5, 5.41) is 3.05. The van der Waals surface area contributed by atoms with E-state index in [-0.39, 0.29) is 42.8 Å². The van der Waals surface area contributed by atoms with Crippen LogP contribution in [0.4, 0.5) is 8.78 Å². The van der Waals surface area contributed by atoms with E-state index >= 15 is 0 Å². The number of carbonyl (C=O) groups is 2. The van der Waals surface area contributed by atoms with Gasteiger partial charge in [0.05, 0.1) is 0 Å². The van der Waals surface area contributed by atoms with Crippen molar-refractivity contribution in [1.29, 1.82) is 0 Å². The minimum absolute atomic E-state index is 0.00796. The smallest absolute Gasteiger partial charge is 0.246 e.